The highest BCUT2D eigenvalue weighted by Gasteiger charge is 2.31. The van der Waals surface area contributed by atoms with Gasteiger partial charge >= 0.3 is 12.5 Å². The summed E-state index contributed by atoms with van der Waals surface area (Å²) in [4.78, 5) is 0.191. The number of rotatable bonds is 4. The number of halogens is 7. The van der Waals surface area contributed by atoms with Crippen LogP contribution in [0.1, 0.15) is 5.56 Å². The van der Waals surface area contributed by atoms with Gasteiger partial charge < -0.3 is 4.74 Å². The third-order valence-electron chi connectivity index (χ3n) is 3.03. The molecule has 9 heteroatoms. The smallest absolute Gasteiger partial charge is 0.406 e. The highest BCUT2D eigenvalue weighted by atomic mass is 32.2. The summed E-state index contributed by atoms with van der Waals surface area (Å²) < 4.78 is 91.9. The van der Waals surface area contributed by atoms with Crippen molar-refractivity contribution < 1.29 is 35.5 Å². The molecule has 0 heterocycles. The maximum absolute atomic E-state index is 14.2. The van der Waals surface area contributed by atoms with Crippen molar-refractivity contribution in [1.82, 2.24) is 0 Å². The number of hydrogen-bond acceptors (Lipinski definition) is 2. The van der Waals surface area contributed by atoms with Crippen LogP contribution in [0.15, 0.2) is 41.3 Å². The Balaban J connectivity index is 2.37. The van der Waals surface area contributed by atoms with Crippen LogP contribution in [0.3, 0.4) is 0 Å². The standard InChI is InChI=1S/C16H11F7OS/c1-9-5-13(17)12(7-14(9)25-8-15(18,19)20)10-3-2-4-11(6-10)24-16(21,22)23/h2-7H,8H2,1H3. The molecular weight excluding hydrogens is 373 g/mol. The maximum atomic E-state index is 14.2. The molecule has 0 unspecified atom stereocenters. The first-order valence-corrected chi connectivity index (χ1v) is 7.79. The second-order valence-electron chi connectivity index (χ2n) is 5.08. The summed E-state index contributed by atoms with van der Waals surface area (Å²) in [7, 11) is 0. The number of aryl methyl sites for hydroxylation is 1. The predicted molar refractivity (Wildman–Crippen MR) is 80.0 cm³/mol. The fourth-order valence-electron chi connectivity index (χ4n) is 2.05. The SMILES string of the molecule is Cc1cc(F)c(-c2cccc(OC(F)(F)F)c2)cc1SCC(F)(F)F. The Bertz CT molecular complexity index is 753. The maximum Gasteiger partial charge on any atom is 0.573 e. The predicted octanol–water partition coefficient (Wildman–Crippen LogP) is 6.35. The molecule has 0 radical (unpaired) electrons. The molecule has 0 atom stereocenters. The summed E-state index contributed by atoms with van der Waals surface area (Å²) >= 11 is 0.483. The van der Waals surface area contributed by atoms with Gasteiger partial charge in [-0.15, -0.1) is 24.9 Å². The van der Waals surface area contributed by atoms with Crippen molar-refractivity contribution in [2.24, 2.45) is 0 Å². The lowest BCUT2D eigenvalue weighted by Crippen LogP contribution is -2.17. The third kappa shape index (κ3) is 5.84. The first-order valence-electron chi connectivity index (χ1n) is 6.80. The summed E-state index contributed by atoms with van der Waals surface area (Å²) in [6.45, 7) is 1.45. The van der Waals surface area contributed by atoms with Crippen LogP contribution in [0.25, 0.3) is 11.1 Å². The lowest BCUT2D eigenvalue weighted by atomic mass is 10.0. The quantitative estimate of drug-likeness (QED) is 0.448. The van der Waals surface area contributed by atoms with E-state index in [2.05, 4.69) is 4.74 Å². The van der Waals surface area contributed by atoms with Gasteiger partial charge in [-0.05, 0) is 42.3 Å². The average molecular weight is 384 g/mol. The van der Waals surface area contributed by atoms with Crippen LogP contribution in [-0.4, -0.2) is 18.3 Å². The molecule has 0 spiro atoms. The Morgan fingerprint density at radius 1 is 1.00 bits per heavy atom. The topological polar surface area (TPSA) is 9.23 Å². The van der Waals surface area contributed by atoms with Crippen LogP contribution < -0.4 is 4.74 Å². The molecule has 0 amide bonds. The van der Waals surface area contributed by atoms with Crippen LogP contribution in [0.4, 0.5) is 30.7 Å². The van der Waals surface area contributed by atoms with E-state index < -0.39 is 29.9 Å². The minimum Gasteiger partial charge on any atom is -0.406 e. The lowest BCUT2D eigenvalue weighted by molar-refractivity contribution is -0.274. The van der Waals surface area contributed by atoms with Crippen molar-refractivity contribution in [1.29, 1.82) is 0 Å². The van der Waals surface area contributed by atoms with Gasteiger partial charge in [0.05, 0.1) is 5.75 Å². The molecule has 25 heavy (non-hydrogen) atoms. The Morgan fingerprint density at radius 3 is 2.28 bits per heavy atom. The van der Waals surface area contributed by atoms with Crippen molar-refractivity contribution >= 4 is 11.8 Å². The first-order chi connectivity index (χ1) is 11.4. The van der Waals surface area contributed by atoms with Gasteiger partial charge in [0, 0.05) is 10.5 Å². The fraction of sp³-hybridized carbons (Fsp3) is 0.250. The summed E-state index contributed by atoms with van der Waals surface area (Å²) in [6, 6.07) is 6.83. The third-order valence-corrected chi connectivity index (χ3v) is 4.26. The number of thioether (sulfide) groups is 1. The summed E-state index contributed by atoms with van der Waals surface area (Å²) in [5.41, 5.74) is 0.259. The normalized spacial score (nSPS) is 12.3. The fourth-order valence-corrected chi connectivity index (χ4v) is 2.86. The van der Waals surface area contributed by atoms with Gasteiger partial charge in [-0.1, -0.05) is 12.1 Å². The van der Waals surface area contributed by atoms with E-state index in [0.717, 1.165) is 18.2 Å². The molecule has 0 aliphatic heterocycles. The molecule has 136 valence electrons. The Kier molecular flexibility index (Phi) is 5.55. The molecule has 2 rings (SSSR count). The van der Waals surface area contributed by atoms with E-state index in [1.165, 1.54) is 25.1 Å². The molecule has 0 N–H and O–H groups in total. The van der Waals surface area contributed by atoms with E-state index in [0.29, 0.717) is 17.3 Å². The van der Waals surface area contributed by atoms with Crippen molar-refractivity contribution in [2.45, 2.75) is 24.4 Å². The van der Waals surface area contributed by atoms with E-state index in [1.54, 1.807) is 0 Å². The number of hydrogen-bond donors (Lipinski definition) is 0. The lowest BCUT2D eigenvalue weighted by Gasteiger charge is -2.13. The summed E-state index contributed by atoms with van der Waals surface area (Å²) in [5, 5.41) is 0. The van der Waals surface area contributed by atoms with E-state index in [1.807, 2.05) is 0 Å². The van der Waals surface area contributed by atoms with Crippen LogP contribution >= 0.6 is 11.8 Å². The minimum absolute atomic E-state index is 0.0631. The molecule has 0 aromatic heterocycles. The molecule has 0 bridgehead atoms. The Morgan fingerprint density at radius 2 is 1.68 bits per heavy atom. The number of alkyl halides is 6. The molecule has 0 aliphatic rings. The molecular formula is C16H11F7OS. The van der Waals surface area contributed by atoms with Crippen LogP contribution in [0.5, 0.6) is 5.75 Å². The van der Waals surface area contributed by atoms with Gasteiger partial charge in [0.2, 0.25) is 0 Å². The van der Waals surface area contributed by atoms with Gasteiger partial charge in [0.1, 0.15) is 11.6 Å². The van der Waals surface area contributed by atoms with E-state index in [-0.39, 0.29) is 16.0 Å². The second-order valence-corrected chi connectivity index (χ2v) is 6.09. The van der Waals surface area contributed by atoms with Gasteiger partial charge in [0.25, 0.3) is 0 Å². The second kappa shape index (κ2) is 7.15. The molecule has 2 aromatic rings. The Labute approximate surface area is 142 Å². The van der Waals surface area contributed by atoms with E-state index in [9.17, 15) is 30.7 Å². The van der Waals surface area contributed by atoms with Gasteiger partial charge in [-0.3, -0.25) is 0 Å². The first kappa shape index (κ1) is 19.4. The molecule has 2 aromatic carbocycles. The minimum atomic E-state index is -4.90. The van der Waals surface area contributed by atoms with Gasteiger partial charge in [0.15, 0.2) is 0 Å². The Hall–Kier alpha value is -1.90. The number of ether oxygens (including phenoxy) is 1. The zero-order chi connectivity index (χ0) is 18.8. The molecule has 0 aliphatic carbocycles. The van der Waals surface area contributed by atoms with Crippen molar-refractivity contribution in [3.8, 4) is 16.9 Å². The molecule has 0 saturated carbocycles. The van der Waals surface area contributed by atoms with Crippen molar-refractivity contribution in [3.05, 3.63) is 47.8 Å². The largest absolute Gasteiger partial charge is 0.573 e. The number of benzene rings is 2. The van der Waals surface area contributed by atoms with Crippen molar-refractivity contribution in [3.63, 3.8) is 0 Å². The molecule has 0 saturated heterocycles. The summed E-state index contributed by atoms with van der Waals surface area (Å²) in [6.07, 6.45) is -9.30. The van der Waals surface area contributed by atoms with Crippen molar-refractivity contribution in [2.75, 3.05) is 5.75 Å². The van der Waals surface area contributed by atoms with Crippen LogP contribution in [0.2, 0.25) is 0 Å². The highest BCUT2D eigenvalue weighted by Crippen LogP contribution is 2.35. The monoisotopic (exact) mass is 384 g/mol. The van der Waals surface area contributed by atoms with Crippen LogP contribution in [-0.2, 0) is 0 Å². The highest BCUT2D eigenvalue weighted by molar-refractivity contribution is 7.99. The average Bonchev–Trinajstić information content (AvgIpc) is 2.43. The zero-order valence-corrected chi connectivity index (χ0v) is 13.4. The van der Waals surface area contributed by atoms with Gasteiger partial charge in [-0.25, -0.2) is 4.39 Å². The van der Waals surface area contributed by atoms with Crippen LogP contribution in [0, 0.1) is 12.7 Å². The summed E-state index contributed by atoms with van der Waals surface area (Å²) in [5.74, 6) is -2.46. The van der Waals surface area contributed by atoms with E-state index >= 15 is 0 Å². The zero-order valence-electron chi connectivity index (χ0n) is 12.6. The van der Waals surface area contributed by atoms with Gasteiger partial charge in [-0.2, -0.15) is 13.2 Å². The molecule has 0 fully saturated rings. The van der Waals surface area contributed by atoms with E-state index in [4.69, 9.17) is 0 Å². The molecule has 1 nitrogen and oxygen atoms in total.